The molecule has 2 aliphatic heterocycles. The third-order valence-electron chi connectivity index (χ3n) is 4.78. The molecule has 0 saturated carbocycles. The lowest BCUT2D eigenvalue weighted by atomic mass is 9.82. The number of piperidine rings is 1. The molecular weight excluding hydrogens is 248 g/mol. The third kappa shape index (κ3) is 1.70. The Hall–Kier alpha value is -1.74. The molecule has 1 unspecified atom stereocenters. The smallest absolute Gasteiger partial charge is 0.136 e. The summed E-state index contributed by atoms with van der Waals surface area (Å²) in [5.74, 6) is 1.07. The zero-order chi connectivity index (χ0) is 13.6. The van der Waals surface area contributed by atoms with Crippen LogP contribution < -0.4 is 4.74 Å². The second kappa shape index (κ2) is 4.38. The van der Waals surface area contributed by atoms with Crippen molar-refractivity contribution in [1.29, 1.82) is 0 Å². The van der Waals surface area contributed by atoms with Crippen molar-refractivity contribution in [1.82, 2.24) is 9.47 Å². The first-order valence-electron chi connectivity index (χ1n) is 7.37. The van der Waals surface area contributed by atoms with Gasteiger partial charge in [-0.25, -0.2) is 0 Å². The standard InChI is InChI=1S/C17H20N2O/c1-18-12-8-17(9-13-18)16(19-10-4-5-11-19)14-6-2-3-7-15(14)20-17/h2-7,10-11,16H,8-9,12-13H2,1H3. The fraction of sp³-hybridized carbons (Fsp3) is 0.412. The molecule has 1 fully saturated rings. The molecule has 0 N–H and O–H groups in total. The molecule has 1 atom stereocenters. The van der Waals surface area contributed by atoms with Crippen molar-refractivity contribution in [3.05, 3.63) is 54.4 Å². The van der Waals surface area contributed by atoms with Crippen molar-refractivity contribution in [3.8, 4) is 5.75 Å². The van der Waals surface area contributed by atoms with E-state index in [1.807, 2.05) is 0 Å². The van der Waals surface area contributed by atoms with E-state index in [1.165, 1.54) is 5.56 Å². The van der Waals surface area contributed by atoms with Crippen LogP contribution in [0.5, 0.6) is 5.75 Å². The molecule has 20 heavy (non-hydrogen) atoms. The Morgan fingerprint density at radius 2 is 1.75 bits per heavy atom. The van der Waals surface area contributed by atoms with Gasteiger partial charge in [0, 0.05) is 43.9 Å². The number of para-hydroxylation sites is 1. The lowest BCUT2D eigenvalue weighted by Crippen LogP contribution is -2.49. The van der Waals surface area contributed by atoms with E-state index < -0.39 is 0 Å². The Labute approximate surface area is 119 Å². The van der Waals surface area contributed by atoms with E-state index in [2.05, 4.69) is 65.3 Å². The van der Waals surface area contributed by atoms with Gasteiger partial charge in [0.15, 0.2) is 0 Å². The van der Waals surface area contributed by atoms with Crippen LogP contribution in [0.4, 0.5) is 0 Å². The summed E-state index contributed by atoms with van der Waals surface area (Å²) in [6.45, 7) is 2.21. The van der Waals surface area contributed by atoms with Gasteiger partial charge >= 0.3 is 0 Å². The molecule has 104 valence electrons. The lowest BCUT2D eigenvalue weighted by Gasteiger charge is -2.41. The number of aromatic nitrogens is 1. The first-order chi connectivity index (χ1) is 9.78. The molecule has 0 radical (unpaired) electrons. The van der Waals surface area contributed by atoms with E-state index >= 15 is 0 Å². The summed E-state index contributed by atoms with van der Waals surface area (Å²) in [7, 11) is 2.19. The van der Waals surface area contributed by atoms with Crippen molar-refractivity contribution in [2.24, 2.45) is 0 Å². The topological polar surface area (TPSA) is 17.4 Å². The number of benzene rings is 1. The number of hydrogen-bond acceptors (Lipinski definition) is 2. The summed E-state index contributed by atoms with van der Waals surface area (Å²) < 4.78 is 8.79. The molecule has 0 amide bonds. The Balaban J connectivity index is 1.80. The molecule has 0 bridgehead atoms. The van der Waals surface area contributed by atoms with Crippen LogP contribution >= 0.6 is 0 Å². The fourth-order valence-corrected chi connectivity index (χ4v) is 3.68. The van der Waals surface area contributed by atoms with Gasteiger partial charge in [0.05, 0.1) is 0 Å². The molecule has 1 spiro atoms. The van der Waals surface area contributed by atoms with Crippen molar-refractivity contribution >= 4 is 0 Å². The summed E-state index contributed by atoms with van der Waals surface area (Å²) in [5.41, 5.74) is 1.25. The van der Waals surface area contributed by atoms with Crippen LogP contribution in [0.3, 0.4) is 0 Å². The van der Waals surface area contributed by atoms with E-state index in [9.17, 15) is 0 Å². The Morgan fingerprint density at radius 3 is 2.50 bits per heavy atom. The van der Waals surface area contributed by atoms with Crippen LogP contribution in [0.1, 0.15) is 24.4 Å². The maximum atomic E-state index is 6.47. The zero-order valence-electron chi connectivity index (χ0n) is 11.8. The number of hydrogen-bond donors (Lipinski definition) is 0. The minimum atomic E-state index is -0.0742. The highest BCUT2D eigenvalue weighted by Crippen LogP contribution is 2.50. The quantitative estimate of drug-likeness (QED) is 0.791. The van der Waals surface area contributed by atoms with Gasteiger partial charge in [-0.15, -0.1) is 0 Å². The van der Waals surface area contributed by atoms with E-state index in [0.29, 0.717) is 6.04 Å². The maximum Gasteiger partial charge on any atom is 0.136 e. The minimum absolute atomic E-state index is 0.0742. The predicted octanol–water partition coefficient (Wildman–Crippen LogP) is 2.93. The molecule has 1 aromatic carbocycles. The van der Waals surface area contributed by atoms with Gasteiger partial charge in [0.1, 0.15) is 17.4 Å². The van der Waals surface area contributed by atoms with Gasteiger partial charge in [0.2, 0.25) is 0 Å². The summed E-state index contributed by atoms with van der Waals surface area (Å²) in [6.07, 6.45) is 6.49. The number of nitrogens with zero attached hydrogens (tertiary/aromatic N) is 2. The van der Waals surface area contributed by atoms with E-state index in [1.54, 1.807) is 0 Å². The molecule has 2 aromatic rings. The molecule has 1 aromatic heterocycles. The summed E-state index contributed by atoms with van der Waals surface area (Å²) >= 11 is 0. The van der Waals surface area contributed by atoms with Gasteiger partial charge in [-0.2, -0.15) is 0 Å². The average Bonchev–Trinajstić information content (AvgIpc) is 3.07. The number of rotatable bonds is 1. The van der Waals surface area contributed by atoms with Crippen LogP contribution in [0.15, 0.2) is 48.8 Å². The lowest BCUT2D eigenvalue weighted by molar-refractivity contribution is -0.000792. The molecule has 4 rings (SSSR count). The van der Waals surface area contributed by atoms with E-state index in [0.717, 1.165) is 31.7 Å². The van der Waals surface area contributed by atoms with Crippen molar-refractivity contribution in [2.45, 2.75) is 24.5 Å². The maximum absolute atomic E-state index is 6.47. The number of likely N-dealkylation sites (tertiary alicyclic amines) is 1. The first-order valence-corrected chi connectivity index (χ1v) is 7.37. The Morgan fingerprint density at radius 1 is 1.05 bits per heavy atom. The second-order valence-electron chi connectivity index (χ2n) is 6.04. The number of fused-ring (bicyclic) bond motifs is 1. The van der Waals surface area contributed by atoms with Crippen molar-refractivity contribution < 1.29 is 4.74 Å². The summed E-state index contributed by atoms with van der Waals surface area (Å²) in [6, 6.07) is 13.0. The van der Waals surface area contributed by atoms with Crippen LogP contribution in [-0.4, -0.2) is 35.2 Å². The molecule has 3 nitrogen and oxygen atoms in total. The summed E-state index contributed by atoms with van der Waals surface area (Å²) in [5, 5.41) is 0. The SMILES string of the molecule is CN1CCC2(CC1)Oc1ccccc1C2n1cccc1. The minimum Gasteiger partial charge on any atom is -0.484 e. The number of ether oxygens (including phenoxy) is 1. The van der Waals surface area contributed by atoms with Crippen molar-refractivity contribution in [2.75, 3.05) is 20.1 Å². The highest BCUT2D eigenvalue weighted by atomic mass is 16.5. The van der Waals surface area contributed by atoms with Crippen molar-refractivity contribution in [3.63, 3.8) is 0 Å². The molecule has 1 saturated heterocycles. The highest BCUT2D eigenvalue weighted by molar-refractivity contribution is 5.43. The normalized spacial score (nSPS) is 24.6. The van der Waals surface area contributed by atoms with Gasteiger partial charge in [-0.05, 0) is 25.2 Å². The molecule has 3 heteroatoms. The summed E-state index contributed by atoms with van der Waals surface area (Å²) in [4.78, 5) is 2.39. The second-order valence-corrected chi connectivity index (χ2v) is 6.04. The predicted molar refractivity (Wildman–Crippen MR) is 79.1 cm³/mol. The first kappa shape index (κ1) is 12.0. The van der Waals surface area contributed by atoms with Gasteiger partial charge in [0.25, 0.3) is 0 Å². The Bertz CT molecular complexity index is 597. The van der Waals surface area contributed by atoms with Crippen LogP contribution in [-0.2, 0) is 0 Å². The van der Waals surface area contributed by atoms with Gasteiger partial charge < -0.3 is 14.2 Å². The molecule has 2 aliphatic rings. The molecule has 3 heterocycles. The van der Waals surface area contributed by atoms with Gasteiger partial charge in [-0.1, -0.05) is 18.2 Å². The fourth-order valence-electron chi connectivity index (χ4n) is 3.68. The van der Waals surface area contributed by atoms with Crippen LogP contribution in [0.2, 0.25) is 0 Å². The van der Waals surface area contributed by atoms with E-state index in [4.69, 9.17) is 4.74 Å². The Kier molecular flexibility index (Phi) is 2.64. The van der Waals surface area contributed by atoms with Gasteiger partial charge in [-0.3, -0.25) is 0 Å². The van der Waals surface area contributed by atoms with Crippen LogP contribution in [0.25, 0.3) is 0 Å². The largest absolute Gasteiger partial charge is 0.484 e. The highest BCUT2D eigenvalue weighted by Gasteiger charge is 2.50. The third-order valence-corrected chi connectivity index (χ3v) is 4.78. The molecular formula is C17H20N2O. The zero-order valence-corrected chi connectivity index (χ0v) is 11.8. The average molecular weight is 268 g/mol. The monoisotopic (exact) mass is 268 g/mol. The van der Waals surface area contributed by atoms with Crippen LogP contribution in [0, 0.1) is 0 Å². The molecule has 0 aliphatic carbocycles. The van der Waals surface area contributed by atoms with E-state index in [-0.39, 0.29) is 5.60 Å².